The summed E-state index contributed by atoms with van der Waals surface area (Å²) in [5.41, 5.74) is 1.02. The molecule has 6 heteroatoms. The second-order valence-electron chi connectivity index (χ2n) is 4.59. The van der Waals surface area contributed by atoms with Gasteiger partial charge < -0.3 is 5.32 Å². The van der Waals surface area contributed by atoms with Crippen molar-refractivity contribution < 1.29 is 4.79 Å². The highest BCUT2D eigenvalue weighted by molar-refractivity contribution is 7.99. The number of benzene rings is 1. The smallest absolute Gasteiger partial charge is 0.225 e. The van der Waals surface area contributed by atoms with E-state index >= 15 is 0 Å². The molecular formula is C15H18ClN3OS. The van der Waals surface area contributed by atoms with Gasteiger partial charge in [0.15, 0.2) is 5.82 Å². The van der Waals surface area contributed by atoms with Crippen LogP contribution in [0.3, 0.4) is 0 Å². The van der Waals surface area contributed by atoms with Gasteiger partial charge in [-0.1, -0.05) is 18.5 Å². The number of rotatable bonds is 7. The van der Waals surface area contributed by atoms with Gasteiger partial charge in [-0.05, 0) is 42.9 Å². The highest BCUT2D eigenvalue weighted by atomic mass is 35.5. The lowest BCUT2D eigenvalue weighted by molar-refractivity contribution is -0.116. The molecule has 0 bridgehead atoms. The Balaban J connectivity index is 1.66. The van der Waals surface area contributed by atoms with Gasteiger partial charge in [-0.2, -0.15) is 5.10 Å². The minimum Gasteiger partial charge on any atom is -0.309 e. The lowest BCUT2D eigenvalue weighted by Gasteiger charge is -2.03. The molecule has 21 heavy (non-hydrogen) atoms. The number of H-pyrrole nitrogens is 1. The van der Waals surface area contributed by atoms with E-state index in [9.17, 15) is 4.79 Å². The molecule has 2 N–H and O–H groups in total. The van der Waals surface area contributed by atoms with Crippen LogP contribution in [0.5, 0.6) is 0 Å². The minimum absolute atomic E-state index is 0.000796. The van der Waals surface area contributed by atoms with Crippen molar-refractivity contribution in [1.82, 2.24) is 10.2 Å². The molecular weight excluding hydrogens is 306 g/mol. The van der Waals surface area contributed by atoms with Crippen molar-refractivity contribution in [2.45, 2.75) is 31.1 Å². The topological polar surface area (TPSA) is 57.8 Å². The zero-order valence-corrected chi connectivity index (χ0v) is 13.4. The van der Waals surface area contributed by atoms with Gasteiger partial charge in [0.2, 0.25) is 5.91 Å². The Morgan fingerprint density at radius 2 is 2.14 bits per heavy atom. The van der Waals surface area contributed by atoms with Crippen LogP contribution in [-0.2, 0) is 11.2 Å². The van der Waals surface area contributed by atoms with Crippen LogP contribution in [-0.4, -0.2) is 21.9 Å². The number of hydrogen-bond acceptors (Lipinski definition) is 3. The molecule has 0 radical (unpaired) electrons. The van der Waals surface area contributed by atoms with Crippen LogP contribution in [0.25, 0.3) is 0 Å². The van der Waals surface area contributed by atoms with E-state index < -0.39 is 0 Å². The molecule has 0 saturated carbocycles. The third-order valence-corrected chi connectivity index (χ3v) is 4.26. The Bertz CT molecular complexity index is 583. The molecule has 0 saturated heterocycles. The molecule has 1 aromatic heterocycles. The Labute approximate surface area is 133 Å². The zero-order chi connectivity index (χ0) is 15.1. The van der Waals surface area contributed by atoms with Gasteiger partial charge >= 0.3 is 0 Å². The second kappa shape index (κ2) is 8.10. The van der Waals surface area contributed by atoms with E-state index in [2.05, 4.69) is 15.5 Å². The molecule has 4 nitrogen and oxygen atoms in total. The lowest BCUT2D eigenvalue weighted by Crippen LogP contribution is -2.11. The number of halogens is 1. The van der Waals surface area contributed by atoms with E-state index in [0.29, 0.717) is 12.2 Å². The van der Waals surface area contributed by atoms with Gasteiger partial charge in [-0.15, -0.1) is 11.8 Å². The fraction of sp³-hybridized carbons (Fsp3) is 0.333. The summed E-state index contributed by atoms with van der Waals surface area (Å²) in [5, 5.41) is 10.4. The van der Waals surface area contributed by atoms with Crippen molar-refractivity contribution in [1.29, 1.82) is 0 Å². The quantitative estimate of drug-likeness (QED) is 0.595. The predicted molar refractivity (Wildman–Crippen MR) is 88.0 cm³/mol. The largest absolute Gasteiger partial charge is 0.309 e. The summed E-state index contributed by atoms with van der Waals surface area (Å²) in [6.07, 6.45) is 2.19. The number of aryl methyl sites for hydroxylation is 1. The van der Waals surface area contributed by atoms with Gasteiger partial charge in [0, 0.05) is 28.1 Å². The third-order valence-electron chi connectivity index (χ3n) is 2.91. The number of anilines is 1. The molecule has 0 spiro atoms. The summed E-state index contributed by atoms with van der Waals surface area (Å²) in [6.45, 7) is 2.03. The SMILES string of the molecule is CCc1cc(NC(=O)CCCSc2ccc(Cl)cc2)n[nH]1. The van der Waals surface area contributed by atoms with Crippen LogP contribution in [0.1, 0.15) is 25.5 Å². The normalized spacial score (nSPS) is 10.6. The van der Waals surface area contributed by atoms with Crippen molar-refractivity contribution >= 4 is 35.1 Å². The van der Waals surface area contributed by atoms with Crippen LogP contribution in [0.15, 0.2) is 35.2 Å². The van der Waals surface area contributed by atoms with Crippen molar-refractivity contribution in [3.05, 3.63) is 41.0 Å². The molecule has 2 rings (SSSR count). The molecule has 0 atom stereocenters. The number of nitrogens with zero attached hydrogens (tertiary/aromatic N) is 1. The van der Waals surface area contributed by atoms with E-state index in [4.69, 9.17) is 11.6 Å². The van der Waals surface area contributed by atoms with Gasteiger partial charge in [0.1, 0.15) is 0 Å². The third kappa shape index (κ3) is 5.44. The lowest BCUT2D eigenvalue weighted by atomic mass is 10.3. The Morgan fingerprint density at radius 3 is 2.81 bits per heavy atom. The number of aromatic nitrogens is 2. The average molecular weight is 324 g/mol. The first-order chi connectivity index (χ1) is 10.2. The molecule has 0 aliphatic heterocycles. The molecule has 1 amide bonds. The second-order valence-corrected chi connectivity index (χ2v) is 6.19. The fourth-order valence-corrected chi connectivity index (χ4v) is 2.74. The van der Waals surface area contributed by atoms with Crippen LogP contribution >= 0.6 is 23.4 Å². The Kier molecular flexibility index (Phi) is 6.14. The van der Waals surface area contributed by atoms with E-state index in [0.717, 1.165) is 29.3 Å². The summed E-state index contributed by atoms with van der Waals surface area (Å²) in [7, 11) is 0. The van der Waals surface area contributed by atoms with Crippen LogP contribution in [0.4, 0.5) is 5.82 Å². The van der Waals surface area contributed by atoms with E-state index in [-0.39, 0.29) is 5.91 Å². The number of amides is 1. The molecule has 0 aliphatic carbocycles. The monoisotopic (exact) mass is 323 g/mol. The standard InChI is InChI=1S/C15H18ClN3OS/c1-2-12-10-14(19-18-12)17-15(20)4-3-9-21-13-7-5-11(16)6-8-13/h5-8,10H,2-4,9H2,1H3,(H2,17,18,19,20). The summed E-state index contributed by atoms with van der Waals surface area (Å²) in [5.74, 6) is 1.50. The zero-order valence-electron chi connectivity index (χ0n) is 11.9. The Hall–Kier alpha value is -1.46. The summed E-state index contributed by atoms with van der Waals surface area (Å²) < 4.78 is 0. The minimum atomic E-state index is 0.000796. The molecule has 1 heterocycles. The first-order valence-corrected chi connectivity index (χ1v) is 8.26. The number of aromatic amines is 1. The summed E-state index contributed by atoms with van der Waals surface area (Å²) >= 11 is 7.56. The Morgan fingerprint density at radius 1 is 1.38 bits per heavy atom. The first-order valence-electron chi connectivity index (χ1n) is 6.90. The van der Waals surface area contributed by atoms with Crippen molar-refractivity contribution in [2.24, 2.45) is 0 Å². The van der Waals surface area contributed by atoms with Crippen LogP contribution in [0, 0.1) is 0 Å². The van der Waals surface area contributed by atoms with Gasteiger partial charge in [0.25, 0.3) is 0 Å². The summed E-state index contributed by atoms with van der Waals surface area (Å²) in [4.78, 5) is 12.9. The molecule has 1 aromatic carbocycles. The maximum Gasteiger partial charge on any atom is 0.225 e. The van der Waals surface area contributed by atoms with Gasteiger partial charge in [-0.3, -0.25) is 9.89 Å². The maximum atomic E-state index is 11.8. The van der Waals surface area contributed by atoms with E-state index in [1.54, 1.807) is 11.8 Å². The van der Waals surface area contributed by atoms with Crippen LogP contribution < -0.4 is 5.32 Å². The first kappa shape index (κ1) is 15.9. The van der Waals surface area contributed by atoms with Crippen molar-refractivity contribution in [2.75, 3.05) is 11.1 Å². The van der Waals surface area contributed by atoms with E-state index in [1.165, 1.54) is 4.90 Å². The number of carbonyl (C=O) groups excluding carboxylic acids is 1. The van der Waals surface area contributed by atoms with Crippen molar-refractivity contribution in [3.8, 4) is 0 Å². The van der Waals surface area contributed by atoms with Gasteiger partial charge in [-0.25, -0.2) is 0 Å². The molecule has 0 aliphatic rings. The van der Waals surface area contributed by atoms with Crippen LogP contribution in [0.2, 0.25) is 5.02 Å². The molecule has 0 unspecified atom stereocenters. The van der Waals surface area contributed by atoms with Gasteiger partial charge in [0.05, 0.1) is 0 Å². The highest BCUT2D eigenvalue weighted by Crippen LogP contribution is 2.21. The fourth-order valence-electron chi connectivity index (χ4n) is 1.77. The van der Waals surface area contributed by atoms with Crippen molar-refractivity contribution in [3.63, 3.8) is 0 Å². The van der Waals surface area contributed by atoms with E-state index in [1.807, 2.05) is 37.3 Å². The molecule has 0 fully saturated rings. The molecule has 2 aromatic rings. The average Bonchev–Trinajstić information content (AvgIpc) is 2.93. The number of carbonyl (C=O) groups is 1. The number of nitrogens with one attached hydrogen (secondary N) is 2. The summed E-state index contributed by atoms with van der Waals surface area (Å²) in [6, 6.07) is 9.59. The maximum absolute atomic E-state index is 11.8. The number of hydrogen-bond donors (Lipinski definition) is 2. The number of thioether (sulfide) groups is 1. The highest BCUT2D eigenvalue weighted by Gasteiger charge is 2.05. The molecule has 112 valence electrons. The predicted octanol–water partition coefficient (Wildman–Crippen LogP) is 4.14.